The molecule has 138 valence electrons. The van der Waals surface area contributed by atoms with E-state index in [2.05, 4.69) is 4.98 Å². The first-order valence-electron chi connectivity index (χ1n) is 8.49. The van der Waals surface area contributed by atoms with Crippen LogP contribution in [-0.4, -0.2) is 44.6 Å². The lowest BCUT2D eigenvalue weighted by Gasteiger charge is -2.32. The van der Waals surface area contributed by atoms with Crippen molar-refractivity contribution in [3.63, 3.8) is 0 Å². The number of nitrogens with zero attached hydrogens (tertiary/aromatic N) is 3. The maximum Gasteiger partial charge on any atom is 0.235 e. The number of primary amides is 1. The van der Waals surface area contributed by atoms with Gasteiger partial charge in [0.05, 0.1) is 11.2 Å². The number of amides is 2. The fourth-order valence-corrected chi connectivity index (χ4v) is 4.23. The summed E-state index contributed by atoms with van der Waals surface area (Å²) < 4.78 is 1.91. The minimum Gasteiger partial charge on any atom is -0.369 e. The molecule has 1 aliphatic heterocycles. The molecule has 8 heteroatoms. The Labute approximate surface area is 161 Å². The van der Waals surface area contributed by atoms with Crippen molar-refractivity contribution in [3.05, 3.63) is 41.7 Å². The average Bonchev–Trinajstić information content (AvgIpc) is 3.09. The molecule has 3 rings (SSSR count). The first kappa shape index (κ1) is 18.8. The van der Waals surface area contributed by atoms with Crippen molar-refractivity contribution in [1.82, 2.24) is 14.5 Å². The number of piperidine rings is 1. The van der Waals surface area contributed by atoms with Crippen molar-refractivity contribution in [2.75, 3.05) is 13.1 Å². The second-order valence-corrected chi connectivity index (χ2v) is 8.09. The molecule has 1 aliphatic rings. The van der Waals surface area contributed by atoms with Crippen LogP contribution in [0, 0.1) is 5.92 Å². The molecule has 2 heterocycles. The Morgan fingerprint density at radius 3 is 2.96 bits per heavy atom. The summed E-state index contributed by atoms with van der Waals surface area (Å²) in [7, 11) is 0. The summed E-state index contributed by atoms with van der Waals surface area (Å²) in [6.45, 7) is 2.93. The Morgan fingerprint density at radius 1 is 1.42 bits per heavy atom. The molecule has 2 atom stereocenters. The van der Waals surface area contributed by atoms with Crippen LogP contribution in [0.15, 0.2) is 41.8 Å². The van der Waals surface area contributed by atoms with Crippen molar-refractivity contribution in [1.29, 1.82) is 0 Å². The van der Waals surface area contributed by atoms with Gasteiger partial charge in [0.25, 0.3) is 0 Å². The SMILES string of the molecule is CC(Sc1nccn1-c1cccc(Cl)c1)C(=O)N1CCCC(C(N)=O)C1. The molecule has 0 aliphatic carbocycles. The zero-order chi connectivity index (χ0) is 18.7. The number of thioether (sulfide) groups is 1. The van der Waals surface area contributed by atoms with Crippen LogP contribution in [0.3, 0.4) is 0 Å². The summed E-state index contributed by atoms with van der Waals surface area (Å²) in [6, 6.07) is 7.47. The van der Waals surface area contributed by atoms with Gasteiger partial charge in [0.1, 0.15) is 0 Å². The van der Waals surface area contributed by atoms with Gasteiger partial charge in [-0.05, 0) is 38.0 Å². The first-order valence-corrected chi connectivity index (χ1v) is 9.75. The Kier molecular flexibility index (Phi) is 5.88. The number of imidazole rings is 1. The summed E-state index contributed by atoms with van der Waals surface area (Å²) in [5, 5.41) is 1.04. The van der Waals surface area contributed by atoms with Gasteiger partial charge in [0.15, 0.2) is 5.16 Å². The van der Waals surface area contributed by atoms with Crippen LogP contribution >= 0.6 is 23.4 Å². The van der Waals surface area contributed by atoms with E-state index in [1.165, 1.54) is 11.8 Å². The number of rotatable bonds is 5. The standard InChI is InChI=1S/C18H21ClN4O2S/c1-12(17(25)22-8-3-4-13(11-22)16(20)24)26-18-21-7-9-23(18)15-6-2-5-14(19)10-15/h2,5-7,9-10,12-13H,3-4,8,11H2,1H3,(H2,20,24). The van der Waals surface area contributed by atoms with Crippen LogP contribution in [0.4, 0.5) is 0 Å². The average molecular weight is 393 g/mol. The summed E-state index contributed by atoms with van der Waals surface area (Å²) in [5.74, 6) is -0.584. The van der Waals surface area contributed by atoms with Gasteiger partial charge in [-0.3, -0.25) is 14.2 Å². The van der Waals surface area contributed by atoms with E-state index in [0.29, 0.717) is 18.1 Å². The lowest BCUT2D eigenvalue weighted by atomic mass is 9.97. The number of benzene rings is 1. The highest BCUT2D eigenvalue weighted by atomic mass is 35.5. The Hall–Kier alpha value is -1.99. The number of hydrogen-bond acceptors (Lipinski definition) is 4. The summed E-state index contributed by atoms with van der Waals surface area (Å²) >= 11 is 7.46. The zero-order valence-corrected chi connectivity index (χ0v) is 16.0. The molecule has 2 unspecified atom stereocenters. The van der Waals surface area contributed by atoms with Crippen molar-refractivity contribution < 1.29 is 9.59 Å². The molecule has 2 amide bonds. The predicted molar refractivity (Wildman–Crippen MR) is 102 cm³/mol. The Morgan fingerprint density at radius 2 is 2.23 bits per heavy atom. The zero-order valence-electron chi connectivity index (χ0n) is 14.5. The van der Waals surface area contributed by atoms with Gasteiger partial charge in [-0.25, -0.2) is 4.98 Å². The van der Waals surface area contributed by atoms with Gasteiger partial charge < -0.3 is 10.6 Å². The van der Waals surface area contributed by atoms with E-state index in [4.69, 9.17) is 17.3 Å². The fraction of sp³-hybridized carbons (Fsp3) is 0.389. The Bertz CT molecular complexity index is 810. The number of aromatic nitrogens is 2. The summed E-state index contributed by atoms with van der Waals surface area (Å²) in [5.41, 5.74) is 6.30. The van der Waals surface area contributed by atoms with Crippen molar-refractivity contribution in [2.45, 2.75) is 30.2 Å². The van der Waals surface area contributed by atoms with Crippen LogP contribution in [0.2, 0.25) is 5.02 Å². The third-order valence-electron chi connectivity index (χ3n) is 4.46. The van der Waals surface area contributed by atoms with Crippen LogP contribution in [-0.2, 0) is 9.59 Å². The van der Waals surface area contributed by atoms with Gasteiger partial charge >= 0.3 is 0 Å². The molecule has 1 aromatic heterocycles. The molecule has 1 saturated heterocycles. The third-order valence-corrected chi connectivity index (χ3v) is 5.76. The van der Waals surface area contributed by atoms with Crippen molar-refractivity contribution in [2.24, 2.45) is 11.7 Å². The van der Waals surface area contributed by atoms with E-state index in [0.717, 1.165) is 23.7 Å². The van der Waals surface area contributed by atoms with Gasteiger partial charge in [-0.15, -0.1) is 0 Å². The third kappa shape index (κ3) is 4.22. The second kappa shape index (κ2) is 8.14. The molecule has 0 bridgehead atoms. The van der Waals surface area contributed by atoms with Gasteiger partial charge in [-0.2, -0.15) is 0 Å². The van der Waals surface area contributed by atoms with E-state index in [9.17, 15) is 9.59 Å². The molecular formula is C18H21ClN4O2S. The smallest absolute Gasteiger partial charge is 0.235 e. The Balaban J connectivity index is 1.70. The van der Waals surface area contributed by atoms with Crippen LogP contribution in [0.1, 0.15) is 19.8 Å². The number of hydrogen-bond donors (Lipinski definition) is 1. The molecule has 2 aromatic rings. The number of halogens is 1. The highest BCUT2D eigenvalue weighted by Gasteiger charge is 2.30. The van der Waals surface area contributed by atoms with Crippen molar-refractivity contribution >= 4 is 35.2 Å². The molecule has 0 radical (unpaired) electrons. The maximum atomic E-state index is 12.8. The number of carbonyl (C=O) groups excluding carboxylic acids is 2. The van der Waals surface area contributed by atoms with Gasteiger partial charge in [0.2, 0.25) is 11.8 Å². The topological polar surface area (TPSA) is 81.2 Å². The molecular weight excluding hydrogens is 372 g/mol. The molecule has 1 fully saturated rings. The summed E-state index contributed by atoms with van der Waals surface area (Å²) in [6.07, 6.45) is 5.09. The molecule has 2 N–H and O–H groups in total. The highest BCUT2D eigenvalue weighted by molar-refractivity contribution is 8.00. The van der Waals surface area contributed by atoms with E-state index >= 15 is 0 Å². The number of likely N-dealkylation sites (tertiary alicyclic amines) is 1. The lowest BCUT2D eigenvalue weighted by molar-refractivity contribution is -0.134. The summed E-state index contributed by atoms with van der Waals surface area (Å²) in [4.78, 5) is 30.3. The van der Waals surface area contributed by atoms with E-state index < -0.39 is 0 Å². The van der Waals surface area contributed by atoms with E-state index in [1.54, 1.807) is 11.1 Å². The molecule has 0 spiro atoms. The van der Waals surface area contributed by atoms with Crippen LogP contribution in [0.5, 0.6) is 0 Å². The largest absolute Gasteiger partial charge is 0.369 e. The van der Waals surface area contributed by atoms with Gasteiger partial charge in [-0.1, -0.05) is 29.4 Å². The predicted octanol–water partition coefficient (Wildman–Crippen LogP) is 2.73. The maximum absolute atomic E-state index is 12.8. The molecule has 26 heavy (non-hydrogen) atoms. The first-order chi connectivity index (χ1) is 12.5. The minimum absolute atomic E-state index is 0.00148. The van der Waals surface area contributed by atoms with Crippen molar-refractivity contribution in [3.8, 4) is 5.69 Å². The molecule has 1 aromatic carbocycles. The molecule has 0 saturated carbocycles. The van der Waals surface area contributed by atoms with Crippen LogP contribution < -0.4 is 5.73 Å². The normalized spacial score (nSPS) is 18.5. The second-order valence-electron chi connectivity index (χ2n) is 6.35. The van der Waals surface area contributed by atoms with Crippen LogP contribution in [0.25, 0.3) is 5.69 Å². The quantitative estimate of drug-likeness (QED) is 0.793. The minimum atomic E-state index is -0.334. The molecule has 6 nitrogen and oxygen atoms in total. The number of carbonyl (C=O) groups is 2. The van der Waals surface area contributed by atoms with Gasteiger partial charge in [0, 0.05) is 36.2 Å². The van der Waals surface area contributed by atoms with E-state index in [1.807, 2.05) is 42.0 Å². The monoisotopic (exact) mass is 392 g/mol. The lowest BCUT2D eigenvalue weighted by Crippen LogP contribution is -2.46. The highest BCUT2D eigenvalue weighted by Crippen LogP contribution is 2.28. The van der Waals surface area contributed by atoms with E-state index in [-0.39, 0.29) is 23.0 Å². The number of nitrogens with two attached hydrogens (primary N) is 1. The fourth-order valence-electron chi connectivity index (χ4n) is 3.07.